The van der Waals surface area contributed by atoms with Crippen LogP contribution < -0.4 is 0 Å². The first-order chi connectivity index (χ1) is 22.5. The topological polar surface area (TPSA) is 78.9 Å². The summed E-state index contributed by atoms with van der Waals surface area (Å²) in [5, 5.41) is 0. The monoisotopic (exact) mass is 653 g/mol. The third-order valence-electron chi connectivity index (χ3n) is 8.86. The first-order valence-electron chi connectivity index (χ1n) is 20.0. The van der Waals surface area contributed by atoms with E-state index in [0.717, 1.165) is 64.2 Å². The minimum absolute atomic E-state index is 0.0648. The van der Waals surface area contributed by atoms with Gasteiger partial charge in [-0.25, -0.2) is 0 Å². The highest BCUT2D eigenvalue weighted by Gasteiger charge is 2.19. The summed E-state index contributed by atoms with van der Waals surface area (Å²) in [4.78, 5) is 37.2. The molecule has 0 aliphatic heterocycles. The normalized spacial score (nSPS) is 11.8. The maximum absolute atomic E-state index is 12.6. The second-order valence-corrected chi connectivity index (χ2v) is 13.6. The number of unbranched alkanes of at least 4 members (excludes halogenated alkanes) is 25. The molecular formula is C40H76O6. The third-order valence-corrected chi connectivity index (χ3v) is 8.86. The fourth-order valence-electron chi connectivity index (χ4n) is 5.79. The Morgan fingerprint density at radius 3 is 0.870 bits per heavy atom. The van der Waals surface area contributed by atoms with E-state index in [0.29, 0.717) is 19.3 Å². The Bertz CT molecular complexity index is 679. The van der Waals surface area contributed by atoms with Crippen molar-refractivity contribution in [2.45, 2.75) is 226 Å². The zero-order valence-electron chi connectivity index (χ0n) is 30.9. The van der Waals surface area contributed by atoms with E-state index < -0.39 is 6.10 Å². The average Bonchev–Trinajstić information content (AvgIpc) is 3.05. The Balaban J connectivity index is 4.24. The Morgan fingerprint density at radius 1 is 0.348 bits per heavy atom. The summed E-state index contributed by atoms with van der Waals surface area (Å²) >= 11 is 0. The Kier molecular flexibility index (Phi) is 35.0. The van der Waals surface area contributed by atoms with Crippen LogP contribution >= 0.6 is 0 Å². The summed E-state index contributed by atoms with van der Waals surface area (Å²) in [7, 11) is 0. The first kappa shape index (κ1) is 44.4. The van der Waals surface area contributed by atoms with E-state index >= 15 is 0 Å². The fraction of sp³-hybridized carbons (Fsp3) is 0.925. The summed E-state index contributed by atoms with van der Waals surface area (Å²) in [5.74, 6) is -0.875. The van der Waals surface area contributed by atoms with Crippen LogP contribution in [0.1, 0.15) is 220 Å². The molecule has 46 heavy (non-hydrogen) atoms. The van der Waals surface area contributed by atoms with E-state index in [9.17, 15) is 14.4 Å². The minimum Gasteiger partial charge on any atom is -0.462 e. The van der Waals surface area contributed by atoms with Crippen molar-refractivity contribution in [2.24, 2.45) is 0 Å². The van der Waals surface area contributed by atoms with Gasteiger partial charge in [0.25, 0.3) is 0 Å². The van der Waals surface area contributed by atoms with E-state index in [2.05, 4.69) is 20.8 Å². The standard InChI is InChI=1S/C40H76O6/c1-4-7-10-13-15-17-19-20-21-23-25-28-31-34-40(43)46-37(35-44-38(41)32-29-26-12-9-6-3)36-45-39(42)33-30-27-24-22-18-16-14-11-8-5-2/h37H,4-36H2,1-3H3/t37-/m1/s1. The summed E-state index contributed by atoms with van der Waals surface area (Å²) in [6.07, 6.45) is 33.9. The molecule has 0 radical (unpaired) electrons. The molecule has 6 nitrogen and oxygen atoms in total. The second kappa shape index (κ2) is 36.2. The van der Waals surface area contributed by atoms with Crippen molar-refractivity contribution in [3.8, 4) is 0 Å². The highest BCUT2D eigenvalue weighted by Crippen LogP contribution is 2.15. The number of ether oxygens (including phenoxy) is 3. The van der Waals surface area contributed by atoms with Crippen molar-refractivity contribution in [1.82, 2.24) is 0 Å². The summed E-state index contributed by atoms with van der Waals surface area (Å²) in [6, 6.07) is 0. The van der Waals surface area contributed by atoms with Gasteiger partial charge in [-0.3, -0.25) is 14.4 Å². The van der Waals surface area contributed by atoms with Crippen LogP contribution in [0, 0.1) is 0 Å². The molecule has 0 bridgehead atoms. The molecule has 0 saturated carbocycles. The molecule has 272 valence electrons. The fourth-order valence-corrected chi connectivity index (χ4v) is 5.79. The van der Waals surface area contributed by atoms with Crippen molar-refractivity contribution >= 4 is 17.9 Å². The first-order valence-corrected chi connectivity index (χ1v) is 20.0. The Hall–Kier alpha value is -1.59. The lowest BCUT2D eigenvalue weighted by atomic mass is 10.0. The molecule has 1 atom stereocenters. The smallest absolute Gasteiger partial charge is 0.306 e. The van der Waals surface area contributed by atoms with Gasteiger partial charge in [-0.1, -0.05) is 181 Å². The van der Waals surface area contributed by atoms with Gasteiger partial charge in [0.2, 0.25) is 0 Å². The third kappa shape index (κ3) is 33.8. The molecule has 0 rings (SSSR count). The molecule has 0 aliphatic rings. The van der Waals surface area contributed by atoms with E-state index in [1.54, 1.807) is 0 Å². The lowest BCUT2D eigenvalue weighted by molar-refractivity contribution is -0.167. The Labute approximate surface area is 285 Å². The van der Waals surface area contributed by atoms with E-state index in [-0.39, 0.29) is 31.1 Å². The van der Waals surface area contributed by atoms with Gasteiger partial charge in [-0.15, -0.1) is 0 Å². The predicted molar refractivity (Wildman–Crippen MR) is 192 cm³/mol. The molecule has 0 unspecified atom stereocenters. The molecule has 0 spiro atoms. The summed E-state index contributed by atoms with van der Waals surface area (Å²) in [6.45, 7) is 6.54. The number of carbonyl (C=O) groups excluding carboxylic acids is 3. The molecule has 0 heterocycles. The molecular weight excluding hydrogens is 576 g/mol. The minimum atomic E-state index is -0.754. The molecule has 0 aromatic carbocycles. The lowest BCUT2D eigenvalue weighted by Gasteiger charge is -2.18. The van der Waals surface area contributed by atoms with Crippen LogP contribution in [0.25, 0.3) is 0 Å². The number of carbonyl (C=O) groups is 3. The van der Waals surface area contributed by atoms with E-state index in [4.69, 9.17) is 14.2 Å². The van der Waals surface area contributed by atoms with Crippen LogP contribution in [0.5, 0.6) is 0 Å². The van der Waals surface area contributed by atoms with Gasteiger partial charge in [0.1, 0.15) is 13.2 Å². The van der Waals surface area contributed by atoms with Gasteiger partial charge in [0.05, 0.1) is 0 Å². The molecule has 0 aromatic heterocycles. The van der Waals surface area contributed by atoms with Gasteiger partial charge in [0.15, 0.2) is 6.10 Å². The van der Waals surface area contributed by atoms with Crippen LogP contribution in [-0.2, 0) is 28.6 Å². The van der Waals surface area contributed by atoms with Crippen LogP contribution in [0.15, 0.2) is 0 Å². The van der Waals surface area contributed by atoms with Crippen molar-refractivity contribution in [3.05, 3.63) is 0 Å². The predicted octanol–water partition coefficient (Wildman–Crippen LogP) is 12.1. The van der Waals surface area contributed by atoms with Crippen LogP contribution in [0.2, 0.25) is 0 Å². The maximum Gasteiger partial charge on any atom is 0.306 e. The zero-order valence-corrected chi connectivity index (χ0v) is 30.9. The highest BCUT2D eigenvalue weighted by atomic mass is 16.6. The second-order valence-electron chi connectivity index (χ2n) is 13.6. The summed E-state index contributed by atoms with van der Waals surface area (Å²) < 4.78 is 16.5. The Morgan fingerprint density at radius 2 is 0.587 bits per heavy atom. The quantitative estimate of drug-likeness (QED) is 0.0381. The van der Waals surface area contributed by atoms with E-state index in [1.807, 2.05) is 0 Å². The number of esters is 3. The van der Waals surface area contributed by atoms with Crippen molar-refractivity contribution in [1.29, 1.82) is 0 Å². The molecule has 0 N–H and O–H groups in total. The van der Waals surface area contributed by atoms with Gasteiger partial charge in [-0.05, 0) is 19.3 Å². The van der Waals surface area contributed by atoms with Gasteiger partial charge in [0, 0.05) is 19.3 Å². The molecule has 0 aliphatic carbocycles. The van der Waals surface area contributed by atoms with Crippen LogP contribution in [0.4, 0.5) is 0 Å². The molecule has 0 fully saturated rings. The van der Waals surface area contributed by atoms with E-state index in [1.165, 1.54) is 116 Å². The molecule has 0 aromatic rings. The van der Waals surface area contributed by atoms with Crippen molar-refractivity contribution < 1.29 is 28.6 Å². The highest BCUT2D eigenvalue weighted by molar-refractivity contribution is 5.71. The lowest BCUT2D eigenvalue weighted by Crippen LogP contribution is -2.30. The largest absolute Gasteiger partial charge is 0.462 e. The van der Waals surface area contributed by atoms with Crippen LogP contribution in [0.3, 0.4) is 0 Å². The van der Waals surface area contributed by atoms with Gasteiger partial charge in [-0.2, -0.15) is 0 Å². The molecule has 0 saturated heterocycles. The zero-order chi connectivity index (χ0) is 33.8. The number of hydrogen-bond donors (Lipinski definition) is 0. The average molecular weight is 653 g/mol. The SMILES string of the molecule is CCCCCCCCCCCCCCCC(=O)O[C@H](COC(=O)CCCCCCC)COC(=O)CCCCCCCCCCCC. The van der Waals surface area contributed by atoms with Crippen molar-refractivity contribution in [2.75, 3.05) is 13.2 Å². The van der Waals surface area contributed by atoms with Gasteiger partial charge >= 0.3 is 17.9 Å². The maximum atomic E-state index is 12.6. The van der Waals surface area contributed by atoms with Crippen molar-refractivity contribution in [3.63, 3.8) is 0 Å². The number of rotatable bonds is 36. The van der Waals surface area contributed by atoms with Gasteiger partial charge < -0.3 is 14.2 Å². The molecule has 0 amide bonds. The van der Waals surface area contributed by atoms with Crippen LogP contribution in [-0.4, -0.2) is 37.2 Å². The summed E-state index contributed by atoms with van der Waals surface area (Å²) in [5.41, 5.74) is 0. The molecule has 6 heteroatoms. The number of hydrogen-bond acceptors (Lipinski definition) is 6.